The first-order valence-corrected chi connectivity index (χ1v) is 6.21. The number of Topliss-reactive ketones (excluding diaryl/α,β-unsaturated/α-hetero) is 2. The minimum atomic E-state index is -0.0911. The molecule has 0 bridgehead atoms. The standard InChI is InChI=1S/C16H16N2O2/c1-9(19)13-7-11(3-5-15(13)17)12-4-6-16(18)14(8-12)10(2)20/h3-8H,17-18H2,1-2H3. The number of rotatable bonds is 3. The fraction of sp³-hybridized carbons (Fsp3) is 0.125. The third kappa shape index (κ3) is 2.54. The summed E-state index contributed by atoms with van der Waals surface area (Å²) in [5, 5.41) is 0. The van der Waals surface area contributed by atoms with Gasteiger partial charge in [0.15, 0.2) is 11.6 Å². The Kier molecular flexibility index (Phi) is 3.57. The van der Waals surface area contributed by atoms with E-state index in [4.69, 9.17) is 11.5 Å². The van der Waals surface area contributed by atoms with Gasteiger partial charge in [0.05, 0.1) is 0 Å². The van der Waals surface area contributed by atoms with Gasteiger partial charge in [0.25, 0.3) is 0 Å². The van der Waals surface area contributed by atoms with E-state index in [1.807, 2.05) is 12.1 Å². The second-order valence-corrected chi connectivity index (χ2v) is 4.72. The molecule has 0 spiro atoms. The van der Waals surface area contributed by atoms with Crippen molar-refractivity contribution in [3.05, 3.63) is 47.5 Å². The third-order valence-corrected chi connectivity index (χ3v) is 3.20. The molecule has 0 aliphatic carbocycles. The fourth-order valence-electron chi connectivity index (χ4n) is 2.08. The molecule has 0 fully saturated rings. The van der Waals surface area contributed by atoms with Gasteiger partial charge in [0.1, 0.15) is 0 Å². The Morgan fingerprint density at radius 2 is 1.10 bits per heavy atom. The van der Waals surface area contributed by atoms with Crippen molar-refractivity contribution in [2.75, 3.05) is 11.5 Å². The van der Waals surface area contributed by atoms with Crippen LogP contribution in [-0.2, 0) is 0 Å². The van der Waals surface area contributed by atoms with Crippen molar-refractivity contribution < 1.29 is 9.59 Å². The predicted octanol–water partition coefficient (Wildman–Crippen LogP) is 2.92. The van der Waals surface area contributed by atoms with Crippen LogP contribution in [0.25, 0.3) is 11.1 Å². The summed E-state index contributed by atoms with van der Waals surface area (Å²) in [4.78, 5) is 23.0. The van der Waals surface area contributed by atoms with Crippen molar-refractivity contribution in [2.24, 2.45) is 0 Å². The molecular formula is C16H16N2O2. The molecule has 0 aliphatic rings. The monoisotopic (exact) mass is 268 g/mol. The smallest absolute Gasteiger partial charge is 0.161 e. The van der Waals surface area contributed by atoms with Crippen LogP contribution >= 0.6 is 0 Å². The molecule has 4 nitrogen and oxygen atoms in total. The number of carbonyl (C=O) groups is 2. The maximum Gasteiger partial charge on any atom is 0.161 e. The Hall–Kier alpha value is -2.62. The molecular weight excluding hydrogens is 252 g/mol. The number of benzene rings is 2. The number of nitrogens with two attached hydrogens (primary N) is 2. The van der Waals surface area contributed by atoms with Crippen LogP contribution in [0.2, 0.25) is 0 Å². The zero-order valence-corrected chi connectivity index (χ0v) is 11.4. The van der Waals surface area contributed by atoms with E-state index in [1.54, 1.807) is 24.3 Å². The summed E-state index contributed by atoms with van der Waals surface area (Å²) in [7, 11) is 0. The van der Waals surface area contributed by atoms with Gasteiger partial charge in [0.2, 0.25) is 0 Å². The summed E-state index contributed by atoms with van der Waals surface area (Å²) in [5.41, 5.74) is 15.0. The van der Waals surface area contributed by atoms with Crippen molar-refractivity contribution in [1.29, 1.82) is 0 Å². The molecule has 4 heteroatoms. The van der Waals surface area contributed by atoms with Crippen LogP contribution in [0.1, 0.15) is 34.6 Å². The Bertz CT molecular complexity index is 644. The third-order valence-electron chi connectivity index (χ3n) is 3.20. The van der Waals surface area contributed by atoms with Crippen molar-refractivity contribution in [3.8, 4) is 11.1 Å². The van der Waals surface area contributed by atoms with Gasteiger partial charge in [-0.05, 0) is 49.2 Å². The van der Waals surface area contributed by atoms with Gasteiger partial charge in [-0.15, -0.1) is 0 Å². The first-order chi connectivity index (χ1) is 9.40. The highest BCUT2D eigenvalue weighted by Gasteiger charge is 2.10. The van der Waals surface area contributed by atoms with Crippen molar-refractivity contribution in [3.63, 3.8) is 0 Å². The molecule has 0 aliphatic heterocycles. The lowest BCUT2D eigenvalue weighted by atomic mass is 9.97. The molecule has 0 unspecified atom stereocenters. The van der Waals surface area contributed by atoms with E-state index in [0.717, 1.165) is 11.1 Å². The molecule has 0 saturated heterocycles. The Balaban J connectivity index is 2.57. The first-order valence-electron chi connectivity index (χ1n) is 6.21. The topological polar surface area (TPSA) is 86.2 Å². The minimum absolute atomic E-state index is 0.0911. The van der Waals surface area contributed by atoms with Gasteiger partial charge < -0.3 is 11.5 Å². The van der Waals surface area contributed by atoms with E-state index in [1.165, 1.54) is 13.8 Å². The van der Waals surface area contributed by atoms with Crippen LogP contribution in [0.3, 0.4) is 0 Å². The summed E-state index contributed by atoms with van der Waals surface area (Å²) in [6.07, 6.45) is 0. The highest BCUT2D eigenvalue weighted by Crippen LogP contribution is 2.27. The molecule has 0 aromatic heterocycles. The lowest BCUT2D eigenvalue weighted by Crippen LogP contribution is -2.01. The second-order valence-electron chi connectivity index (χ2n) is 4.72. The van der Waals surface area contributed by atoms with Crippen molar-refractivity contribution in [2.45, 2.75) is 13.8 Å². The molecule has 0 heterocycles. The number of ketones is 2. The minimum Gasteiger partial charge on any atom is -0.398 e. The number of nitrogen functional groups attached to an aromatic ring is 2. The number of anilines is 2. The average molecular weight is 268 g/mol. The molecule has 0 atom stereocenters. The Morgan fingerprint density at radius 3 is 1.40 bits per heavy atom. The van der Waals surface area contributed by atoms with Crippen LogP contribution in [0, 0.1) is 0 Å². The summed E-state index contributed by atoms with van der Waals surface area (Å²) in [5.74, 6) is -0.182. The molecule has 2 rings (SSSR count). The Morgan fingerprint density at radius 1 is 0.750 bits per heavy atom. The maximum atomic E-state index is 11.5. The SMILES string of the molecule is CC(=O)c1cc(-c2ccc(N)c(C(C)=O)c2)ccc1N. The second kappa shape index (κ2) is 5.17. The molecule has 0 saturated carbocycles. The highest BCUT2D eigenvalue weighted by molar-refractivity contribution is 6.02. The first kappa shape index (κ1) is 13.8. The fourth-order valence-corrected chi connectivity index (χ4v) is 2.08. The maximum absolute atomic E-state index is 11.5. The lowest BCUT2D eigenvalue weighted by molar-refractivity contribution is 0.101. The van der Waals surface area contributed by atoms with E-state index in [0.29, 0.717) is 22.5 Å². The number of hydrogen-bond donors (Lipinski definition) is 2. The molecule has 20 heavy (non-hydrogen) atoms. The van der Waals surface area contributed by atoms with Gasteiger partial charge in [-0.3, -0.25) is 9.59 Å². The predicted molar refractivity (Wildman–Crippen MR) is 80.7 cm³/mol. The quantitative estimate of drug-likeness (QED) is 0.662. The van der Waals surface area contributed by atoms with E-state index >= 15 is 0 Å². The zero-order chi connectivity index (χ0) is 14.9. The van der Waals surface area contributed by atoms with E-state index < -0.39 is 0 Å². The summed E-state index contributed by atoms with van der Waals surface area (Å²) >= 11 is 0. The van der Waals surface area contributed by atoms with Crippen LogP contribution in [0.4, 0.5) is 11.4 Å². The zero-order valence-electron chi connectivity index (χ0n) is 11.4. The number of carbonyl (C=O) groups excluding carboxylic acids is 2. The van der Waals surface area contributed by atoms with Gasteiger partial charge >= 0.3 is 0 Å². The van der Waals surface area contributed by atoms with Crippen LogP contribution in [0.5, 0.6) is 0 Å². The Labute approximate surface area is 117 Å². The molecule has 0 radical (unpaired) electrons. The highest BCUT2D eigenvalue weighted by atomic mass is 16.1. The largest absolute Gasteiger partial charge is 0.398 e. The molecule has 102 valence electrons. The van der Waals surface area contributed by atoms with Crippen LogP contribution in [-0.4, -0.2) is 11.6 Å². The van der Waals surface area contributed by atoms with Crippen molar-refractivity contribution in [1.82, 2.24) is 0 Å². The van der Waals surface area contributed by atoms with Crippen LogP contribution < -0.4 is 11.5 Å². The summed E-state index contributed by atoms with van der Waals surface area (Å²) in [6.45, 7) is 2.94. The average Bonchev–Trinajstić information content (AvgIpc) is 2.39. The summed E-state index contributed by atoms with van der Waals surface area (Å²) in [6, 6.07) is 10.5. The van der Waals surface area contributed by atoms with Gasteiger partial charge in [-0.2, -0.15) is 0 Å². The van der Waals surface area contributed by atoms with Crippen molar-refractivity contribution >= 4 is 22.9 Å². The summed E-state index contributed by atoms with van der Waals surface area (Å²) < 4.78 is 0. The van der Waals surface area contributed by atoms with E-state index in [-0.39, 0.29) is 11.6 Å². The van der Waals surface area contributed by atoms with Gasteiger partial charge in [-0.25, -0.2) is 0 Å². The molecule has 2 aromatic rings. The van der Waals surface area contributed by atoms with E-state index in [9.17, 15) is 9.59 Å². The molecule has 4 N–H and O–H groups in total. The van der Waals surface area contributed by atoms with Gasteiger partial charge in [0, 0.05) is 22.5 Å². The number of hydrogen-bond acceptors (Lipinski definition) is 4. The van der Waals surface area contributed by atoms with Gasteiger partial charge in [-0.1, -0.05) is 12.1 Å². The normalized spacial score (nSPS) is 10.3. The lowest BCUT2D eigenvalue weighted by Gasteiger charge is -2.09. The van der Waals surface area contributed by atoms with E-state index in [2.05, 4.69) is 0 Å². The molecule has 2 aromatic carbocycles. The van der Waals surface area contributed by atoms with Crippen LogP contribution in [0.15, 0.2) is 36.4 Å². The molecule has 0 amide bonds.